The van der Waals surface area contributed by atoms with Crippen molar-refractivity contribution in [3.63, 3.8) is 0 Å². The van der Waals surface area contributed by atoms with Crippen LogP contribution in [0.3, 0.4) is 0 Å². The number of aromatic nitrogens is 3. The topological polar surface area (TPSA) is 63.1 Å². The minimum Gasteiger partial charge on any atom is -0.353 e. The third-order valence-electron chi connectivity index (χ3n) is 5.68. The Morgan fingerprint density at radius 2 is 1.77 bits per heavy atom. The van der Waals surface area contributed by atoms with Gasteiger partial charge in [-0.25, -0.2) is 0 Å². The van der Waals surface area contributed by atoms with Crippen molar-refractivity contribution in [2.24, 2.45) is 7.05 Å². The molecule has 0 unspecified atom stereocenters. The van der Waals surface area contributed by atoms with Crippen LogP contribution >= 0.6 is 11.8 Å². The fourth-order valence-electron chi connectivity index (χ4n) is 3.87. The third-order valence-corrected chi connectivity index (χ3v) is 6.70. The van der Waals surface area contributed by atoms with Crippen LogP contribution in [0.4, 0.5) is 0 Å². The molecule has 0 aliphatic carbocycles. The maximum absolute atomic E-state index is 12.5. The number of aryl methyl sites for hydroxylation is 1. The maximum atomic E-state index is 12.5. The standard InChI is InChI=1S/C24H29N5OS/c1-18-8-10-20(11-9-18)23-26-27-24(28(23)2)31-17-22(30)25-21-12-14-29(15-13-21)16-19-6-4-3-5-7-19/h3-11,21H,12-17H2,1-2H3,(H,25,30). The lowest BCUT2D eigenvalue weighted by atomic mass is 10.0. The van der Waals surface area contributed by atoms with Gasteiger partial charge in [0, 0.05) is 38.3 Å². The molecule has 6 nitrogen and oxygen atoms in total. The molecule has 1 saturated heterocycles. The molecule has 0 saturated carbocycles. The minimum atomic E-state index is 0.0615. The summed E-state index contributed by atoms with van der Waals surface area (Å²) in [6.07, 6.45) is 1.98. The Bertz CT molecular complexity index is 995. The smallest absolute Gasteiger partial charge is 0.230 e. The molecule has 0 radical (unpaired) electrons. The molecule has 1 aromatic heterocycles. The van der Waals surface area contributed by atoms with Crippen LogP contribution in [-0.2, 0) is 18.4 Å². The summed E-state index contributed by atoms with van der Waals surface area (Å²) < 4.78 is 1.95. The zero-order valence-corrected chi connectivity index (χ0v) is 18.9. The van der Waals surface area contributed by atoms with E-state index in [-0.39, 0.29) is 11.9 Å². The highest BCUT2D eigenvalue weighted by atomic mass is 32.2. The average molecular weight is 436 g/mol. The normalized spacial score (nSPS) is 15.2. The first-order chi connectivity index (χ1) is 15.1. The number of nitrogens with one attached hydrogen (secondary N) is 1. The molecule has 3 aromatic rings. The summed E-state index contributed by atoms with van der Waals surface area (Å²) in [5.41, 5.74) is 3.58. The first-order valence-electron chi connectivity index (χ1n) is 10.7. The second-order valence-electron chi connectivity index (χ2n) is 8.12. The van der Waals surface area contributed by atoms with Gasteiger partial charge >= 0.3 is 0 Å². The van der Waals surface area contributed by atoms with E-state index in [1.165, 1.54) is 22.9 Å². The van der Waals surface area contributed by atoms with E-state index in [2.05, 4.69) is 63.7 Å². The number of hydrogen-bond acceptors (Lipinski definition) is 5. The van der Waals surface area contributed by atoms with Gasteiger partial charge in [0.15, 0.2) is 11.0 Å². The van der Waals surface area contributed by atoms with Crippen LogP contribution in [0.5, 0.6) is 0 Å². The summed E-state index contributed by atoms with van der Waals surface area (Å²) >= 11 is 1.43. The molecule has 2 aromatic carbocycles. The van der Waals surface area contributed by atoms with Gasteiger partial charge in [-0.1, -0.05) is 71.9 Å². The molecule has 4 rings (SSSR count). The average Bonchev–Trinajstić information content (AvgIpc) is 3.15. The van der Waals surface area contributed by atoms with Crippen LogP contribution in [0.2, 0.25) is 0 Å². The van der Waals surface area contributed by atoms with Gasteiger partial charge < -0.3 is 9.88 Å². The molecule has 1 aliphatic heterocycles. The van der Waals surface area contributed by atoms with Gasteiger partial charge in [-0.2, -0.15) is 0 Å². The van der Waals surface area contributed by atoms with Crippen LogP contribution in [-0.4, -0.2) is 50.5 Å². The van der Waals surface area contributed by atoms with E-state index >= 15 is 0 Å². The lowest BCUT2D eigenvalue weighted by molar-refractivity contribution is -0.119. The van der Waals surface area contributed by atoms with E-state index in [0.29, 0.717) is 5.75 Å². The number of hydrogen-bond donors (Lipinski definition) is 1. The van der Waals surface area contributed by atoms with Crippen molar-refractivity contribution in [1.82, 2.24) is 25.0 Å². The number of amides is 1. The van der Waals surface area contributed by atoms with E-state index in [0.717, 1.165) is 49.0 Å². The third kappa shape index (κ3) is 5.74. The van der Waals surface area contributed by atoms with Crippen LogP contribution in [0, 0.1) is 6.92 Å². The number of carbonyl (C=O) groups is 1. The van der Waals surface area contributed by atoms with E-state index in [1.807, 2.05) is 29.8 Å². The van der Waals surface area contributed by atoms with Crippen LogP contribution in [0.15, 0.2) is 59.8 Å². The molecule has 0 bridgehead atoms. The monoisotopic (exact) mass is 435 g/mol. The van der Waals surface area contributed by atoms with E-state index < -0.39 is 0 Å². The van der Waals surface area contributed by atoms with Gasteiger partial charge in [-0.05, 0) is 25.3 Å². The summed E-state index contributed by atoms with van der Waals surface area (Å²) in [4.78, 5) is 14.9. The van der Waals surface area contributed by atoms with Crippen LogP contribution in [0.25, 0.3) is 11.4 Å². The minimum absolute atomic E-state index is 0.0615. The van der Waals surface area contributed by atoms with Crippen molar-refractivity contribution >= 4 is 17.7 Å². The molecular formula is C24H29N5OS. The van der Waals surface area contributed by atoms with Gasteiger partial charge in [0.05, 0.1) is 5.75 Å². The molecule has 0 atom stereocenters. The maximum Gasteiger partial charge on any atom is 0.230 e. The molecular weight excluding hydrogens is 406 g/mol. The van der Waals surface area contributed by atoms with Gasteiger partial charge in [-0.3, -0.25) is 9.69 Å². The van der Waals surface area contributed by atoms with Gasteiger partial charge in [0.25, 0.3) is 0 Å². The second-order valence-corrected chi connectivity index (χ2v) is 9.07. The predicted octanol–water partition coefficient (Wildman–Crippen LogP) is 3.66. The van der Waals surface area contributed by atoms with Crippen molar-refractivity contribution in [3.05, 3.63) is 65.7 Å². The first-order valence-corrected chi connectivity index (χ1v) is 11.7. The number of likely N-dealkylation sites (tertiary alicyclic amines) is 1. The molecule has 162 valence electrons. The summed E-state index contributed by atoms with van der Waals surface area (Å²) in [5, 5.41) is 12.5. The highest BCUT2D eigenvalue weighted by Crippen LogP contribution is 2.23. The quantitative estimate of drug-likeness (QED) is 0.574. The molecule has 7 heteroatoms. The number of piperidine rings is 1. The Kier molecular flexibility index (Phi) is 7.04. The zero-order valence-electron chi connectivity index (χ0n) is 18.1. The second kappa shape index (κ2) is 10.1. The number of rotatable bonds is 7. The number of thioether (sulfide) groups is 1. The van der Waals surface area contributed by atoms with Gasteiger partial charge in [0.2, 0.25) is 5.91 Å². The van der Waals surface area contributed by atoms with Crippen molar-refractivity contribution in [2.75, 3.05) is 18.8 Å². The Hall–Kier alpha value is -2.64. The predicted molar refractivity (Wildman–Crippen MR) is 125 cm³/mol. The van der Waals surface area contributed by atoms with Crippen LogP contribution < -0.4 is 5.32 Å². The Morgan fingerprint density at radius 1 is 1.06 bits per heavy atom. The summed E-state index contributed by atoms with van der Waals surface area (Å²) in [5.74, 6) is 1.23. The molecule has 1 amide bonds. The van der Waals surface area contributed by atoms with Gasteiger partial charge in [-0.15, -0.1) is 10.2 Å². The lowest BCUT2D eigenvalue weighted by Crippen LogP contribution is -2.44. The van der Waals surface area contributed by atoms with E-state index in [4.69, 9.17) is 0 Å². The number of benzene rings is 2. The summed E-state index contributed by atoms with van der Waals surface area (Å²) in [6, 6.07) is 19.0. The highest BCUT2D eigenvalue weighted by Gasteiger charge is 2.21. The van der Waals surface area contributed by atoms with Crippen molar-refractivity contribution in [2.45, 2.75) is 37.5 Å². The Labute approximate surface area is 188 Å². The van der Waals surface area contributed by atoms with Gasteiger partial charge in [0.1, 0.15) is 0 Å². The van der Waals surface area contributed by atoms with E-state index in [9.17, 15) is 4.79 Å². The number of nitrogens with zero attached hydrogens (tertiary/aromatic N) is 4. The molecule has 31 heavy (non-hydrogen) atoms. The Morgan fingerprint density at radius 3 is 2.48 bits per heavy atom. The lowest BCUT2D eigenvalue weighted by Gasteiger charge is -2.32. The molecule has 1 N–H and O–H groups in total. The van der Waals surface area contributed by atoms with Crippen LogP contribution in [0.1, 0.15) is 24.0 Å². The van der Waals surface area contributed by atoms with Crippen molar-refractivity contribution in [3.8, 4) is 11.4 Å². The molecule has 0 spiro atoms. The molecule has 1 fully saturated rings. The Balaban J connectivity index is 1.23. The zero-order chi connectivity index (χ0) is 21.6. The van der Waals surface area contributed by atoms with Crippen molar-refractivity contribution in [1.29, 1.82) is 0 Å². The molecule has 1 aliphatic rings. The first kappa shape index (κ1) is 21.6. The molecule has 2 heterocycles. The summed E-state index contributed by atoms with van der Waals surface area (Å²) in [6.45, 7) is 5.06. The number of carbonyl (C=O) groups excluding carboxylic acids is 1. The van der Waals surface area contributed by atoms with Crippen molar-refractivity contribution < 1.29 is 4.79 Å². The fraction of sp³-hybridized carbons (Fsp3) is 0.375. The fourth-order valence-corrected chi connectivity index (χ4v) is 4.59. The highest BCUT2D eigenvalue weighted by molar-refractivity contribution is 7.99. The summed E-state index contributed by atoms with van der Waals surface area (Å²) in [7, 11) is 1.94. The van der Waals surface area contributed by atoms with E-state index in [1.54, 1.807) is 0 Å². The SMILES string of the molecule is Cc1ccc(-c2nnc(SCC(=O)NC3CCN(Cc4ccccc4)CC3)n2C)cc1. The largest absolute Gasteiger partial charge is 0.353 e.